The van der Waals surface area contributed by atoms with Crippen molar-refractivity contribution in [3.63, 3.8) is 0 Å². The maximum absolute atomic E-state index is 10.4. The number of benzene rings is 2. The van der Waals surface area contributed by atoms with Gasteiger partial charge in [-0.3, -0.25) is 0 Å². The van der Waals surface area contributed by atoms with Crippen LogP contribution < -0.4 is 4.74 Å². The smallest absolute Gasteiger partial charge is 0.392 e. The van der Waals surface area contributed by atoms with Crippen LogP contribution in [-0.4, -0.2) is 6.16 Å². The van der Waals surface area contributed by atoms with Crippen LogP contribution in [0.15, 0.2) is 54.6 Å². The molecule has 2 aromatic rings. The van der Waals surface area contributed by atoms with Crippen LogP contribution in [0.5, 0.6) is 5.75 Å². The van der Waals surface area contributed by atoms with Crippen LogP contribution in [-0.2, 0) is 5.11 Å². The summed E-state index contributed by atoms with van der Waals surface area (Å²) in [5.74, 6) is 0.286. The average molecular weight is 213 g/mol. The molecule has 0 fully saturated rings. The molecule has 0 amide bonds. The molecule has 0 atom stereocenters. The Bertz CT molecular complexity index is 492. The molecule has 16 heavy (non-hydrogen) atoms. The van der Waals surface area contributed by atoms with Crippen molar-refractivity contribution in [1.29, 1.82) is 0 Å². The molecule has 3 nitrogen and oxygen atoms in total. The highest BCUT2D eigenvalue weighted by Crippen LogP contribution is 2.29. The Balaban J connectivity index is 2.44. The molecular formula is C13H9O3. The first-order valence-electron chi connectivity index (χ1n) is 4.80. The van der Waals surface area contributed by atoms with E-state index in [0.717, 1.165) is 11.1 Å². The van der Waals surface area contributed by atoms with Gasteiger partial charge in [0.2, 0.25) is 0 Å². The van der Waals surface area contributed by atoms with Crippen molar-refractivity contribution < 1.29 is 14.6 Å². The predicted molar refractivity (Wildman–Crippen MR) is 58.6 cm³/mol. The van der Waals surface area contributed by atoms with Gasteiger partial charge in [0.25, 0.3) is 0 Å². The molecule has 2 aromatic carbocycles. The minimum atomic E-state index is -1.55. The Labute approximate surface area is 92.9 Å². The summed E-state index contributed by atoms with van der Waals surface area (Å²) in [6.07, 6.45) is -1.55. The number of hydrogen-bond acceptors (Lipinski definition) is 2. The lowest BCUT2D eigenvalue weighted by atomic mass is 10.1. The molecule has 0 aliphatic carbocycles. The van der Waals surface area contributed by atoms with Crippen molar-refractivity contribution in [2.24, 2.45) is 0 Å². The van der Waals surface area contributed by atoms with Gasteiger partial charge in [0.05, 0.1) is 0 Å². The highest BCUT2D eigenvalue weighted by molar-refractivity contribution is 5.73. The molecule has 0 heterocycles. The fraction of sp³-hybridized carbons (Fsp3) is 0. The first-order valence-corrected chi connectivity index (χ1v) is 4.80. The van der Waals surface area contributed by atoms with Crippen molar-refractivity contribution in [3.8, 4) is 16.9 Å². The molecule has 0 aliphatic heterocycles. The second kappa shape index (κ2) is 4.49. The van der Waals surface area contributed by atoms with E-state index < -0.39 is 6.16 Å². The normalized spacial score (nSPS) is 9.75. The fourth-order valence-corrected chi connectivity index (χ4v) is 1.50. The maximum Gasteiger partial charge on any atom is 0.555 e. The topological polar surface area (TPSA) is 46.2 Å². The minimum Gasteiger partial charge on any atom is -0.392 e. The van der Waals surface area contributed by atoms with Crippen LogP contribution in [0.25, 0.3) is 11.1 Å². The van der Waals surface area contributed by atoms with Crippen molar-refractivity contribution in [2.45, 2.75) is 0 Å². The highest BCUT2D eigenvalue weighted by Gasteiger charge is 2.09. The largest absolute Gasteiger partial charge is 0.555 e. The molecule has 0 aliphatic rings. The van der Waals surface area contributed by atoms with E-state index in [0.29, 0.717) is 0 Å². The summed E-state index contributed by atoms with van der Waals surface area (Å²) in [7, 11) is 0. The quantitative estimate of drug-likeness (QED) is 0.567. The van der Waals surface area contributed by atoms with E-state index in [-0.39, 0.29) is 5.75 Å². The monoisotopic (exact) mass is 213 g/mol. The van der Waals surface area contributed by atoms with Gasteiger partial charge in [0.1, 0.15) is 5.75 Å². The van der Waals surface area contributed by atoms with E-state index in [1.165, 1.54) is 0 Å². The zero-order chi connectivity index (χ0) is 11.4. The molecule has 79 valence electrons. The molecule has 0 aromatic heterocycles. The standard InChI is InChI=1S/C13H9O3/c14-13(15)16-12-9-5-4-8-11(12)10-6-2-1-3-7-10/h1-9H. The zero-order valence-electron chi connectivity index (χ0n) is 8.42. The number of hydrogen-bond donors (Lipinski definition) is 0. The van der Waals surface area contributed by atoms with Crippen LogP contribution in [0.1, 0.15) is 0 Å². The lowest BCUT2D eigenvalue weighted by Crippen LogP contribution is -2.02. The molecule has 0 unspecified atom stereocenters. The summed E-state index contributed by atoms with van der Waals surface area (Å²) in [5.41, 5.74) is 1.63. The van der Waals surface area contributed by atoms with Gasteiger partial charge in [-0.1, -0.05) is 48.5 Å². The second-order valence-electron chi connectivity index (χ2n) is 3.21. The Morgan fingerprint density at radius 1 is 0.875 bits per heavy atom. The summed E-state index contributed by atoms with van der Waals surface area (Å²) in [4.78, 5) is 10.4. The van der Waals surface area contributed by atoms with Gasteiger partial charge in [0.15, 0.2) is 0 Å². The Hall–Kier alpha value is -2.29. The summed E-state index contributed by atoms with van der Waals surface area (Å²) >= 11 is 0. The van der Waals surface area contributed by atoms with Gasteiger partial charge >= 0.3 is 6.16 Å². The predicted octanol–water partition coefficient (Wildman–Crippen LogP) is 3.28. The zero-order valence-corrected chi connectivity index (χ0v) is 8.42. The molecular weight excluding hydrogens is 204 g/mol. The van der Waals surface area contributed by atoms with E-state index in [9.17, 15) is 9.90 Å². The van der Waals surface area contributed by atoms with Gasteiger partial charge in [-0.15, -0.1) is 0 Å². The first kappa shape index (κ1) is 10.2. The van der Waals surface area contributed by atoms with Gasteiger partial charge in [-0.05, 0) is 11.6 Å². The molecule has 1 radical (unpaired) electrons. The number of carbonyl (C=O) groups excluding carboxylic acids is 1. The van der Waals surface area contributed by atoms with E-state index in [2.05, 4.69) is 4.74 Å². The molecule has 0 bridgehead atoms. The summed E-state index contributed by atoms with van der Waals surface area (Å²) < 4.78 is 4.61. The van der Waals surface area contributed by atoms with E-state index in [1.807, 2.05) is 36.4 Å². The van der Waals surface area contributed by atoms with Gasteiger partial charge in [-0.2, -0.15) is 9.90 Å². The van der Waals surface area contributed by atoms with Crippen LogP contribution in [0.3, 0.4) is 0 Å². The van der Waals surface area contributed by atoms with Crippen LogP contribution in [0, 0.1) is 0 Å². The molecule has 0 spiro atoms. The van der Waals surface area contributed by atoms with Gasteiger partial charge < -0.3 is 4.74 Å². The maximum atomic E-state index is 10.4. The molecule has 2 rings (SSSR count). The Kier molecular flexibility index (Phi) is 2.87. The fourth-order valence-electron chi connectivity index (χ4n) is 1.50. The number of carbonyl (C=O) groups is 1. The van der Waals surface area contributed by atoms with Crippen LogP contribution >= 0.6 is 0 Å². The van der Waals surface area contributed by atoms with Crippen molar-refractivity contribution in [1.82, 2.24) is 0 Å². The molecule has 0 N–H and O–H groups in total. The minimum absolute atomic E-state index is 0.286. The summed E-state index contributed by atoms with van der Waals surface area (Å²) in [6, 6.07) is 16.4. The second-order valence-corrected chi connectivity index (χ2v) is 3.21. The number of para-hydroxylation sites is 1. The lowest BCUT2D eigenvalue weighted by Gasteiger charge is -2.06. The van der Waals surface area contributed by atoms with Crippen molar-refractivity contribution in [3.05, 3.63) is 54.6 Å². The molecule has 3 heteroatoms. The number of rotatable bonds is 2. The van der Waals surface area contributed by atoms with Crippen molar-refractivity contribution in [2.75, 3.05) is 0 Å². The SMILES string of the molecule is [O]C(=O)Oc1ccccc1-c1ccccc1. The highest BCUT2D eigenvalue weighted by atomic mass is 16.7. The van der Waals surface area contributed by atoms with E-state index in [1.54, 1.807) is 18.2 Å². The molecule has 0 saturated heterocycles. The van der Waals surface area contributed by atoms with Crippen LogP contribution in [0.2, 0.25) is 0 Å². The molecule has 0 saturated carbocycles. The number of ether oxygens (including phenoxy) is 1. The Morgan fingerprint density at radius 2 is 1.50 bits per heavy atom. The van der Waals surface area contributed by atoms with Crippen molar-refractivity contribution >= 4 is 6.16 Å². The Morgan fingerprint density at radius 3 is 2.19 bits per heavy atom. The lowest BCUT2D eigenvalue weighted by molar-refractivity contribution is 0.117. The first-order chi connectivity index (χ1) is 7.77. The van der Waals surface area contributed by atoms with E-state index in [4.69, 9.17) is 0 Å². The third kappa shape index (κ3) is 2.20. The third-order valence-corrected chi connectivity index (χ3v) is 2.17. The average Bonchev–Trinajstić information content (AvgIpc) is 2.30. The van der Waals surface area contributed by atoms with Crippen LogP contribution in [0.4, 0.5) is 4.79 Å². The third-order valence-electron chi connectivity index (χ3n) is 2.17. The van der Waals surface area contributed by atoms with Gasteiger partial charge in [-0.25, -0.2) is 0 Å². The van der Waals surface area contributed by atoms with Gasteiger partial charge in [0, 0.05) is 5.56 Å². The van der Waals surface area contributed by atoms with E-state index >= 15 is 0 Å². The summed E-state index contributed by atoms with van der Waals surface area (Å²) in [6.45, 7) is 0. The summed E-state index contributed by atoms with van der Waals surface area (Å²) in [5, 5.41) is 10.4.